The molecule has 1 aromatic carbocycles. The maximum absolute atomic E-state index is 4.43. The summed E-state index contributed by atoms with van der Waals surface area (Å²) in [6.45, 7) is 2.23. The second kappa shape index (κ2) is 3.66. The van der Waals surface area contributed by atoms with Crippen LogP contribution in [-0.4, -0.2) is 22.6 Å². The van der Waals surface area contributed by atoms with Crippen LogP contribution in [0.4, 0.5) is 0 Å². The number of hydrogen-bond donors (Lipinski definition) is 1. The number of imidazole rings is 1. The highest BCUT2D eigenvalue weighted by Gasteiger charge is 2.16. The zero-order valence-electron chi connectivity index (χ0n) is 8.69. The second-order valence-electron chi connectivity index (χ2n) is 4.14. The van der Waals surface area contributed by atoms with Crippen molar-refractivity contribution in [1.29, 1.82) is 0 Å². The molecule has 15 heavy (non-hydrogen) atoms. The molecule has 1 aliphatic rings. The number of nitrogens with zero attached hydrogens (tertiary/aromatic N) is 2. The standard InChI is InChI=1S/C12H15N3/c1-2-6-12-11(5-1)14-9-15(12)10-4-3-7-13-8-10/h1-2,5-6,9-10,13H,3-4,7-8H2. The first kappa shape index (κ1) is 8.92. The van der Waals surface area contributed by atoms with Crippen molar-refractivity contribution in [3.63, 3.8) is 0 Å². The van der Waals surface area contributed by atoms with Crippen molar-refractivity contribution in [2.24, 2.45) is 0 Å². The molecule has 0 spiro atoms. The summed E-state index contributed by atoms with van der Waals surface area (Å²) < 4.78 is 2.31. The molecule has 1 atom stereocenters. The molecular weight excluding hydrogens is 186 g/mol. The van der Waals surface area contributed by atoms with Crippen molar-refractivity contribution in [3.05, 3.63) is 30.6 Å². The van der Waals surface area contributed by atoms with Crippen molar-refractivity contribution in [3.8, 4) is 0 Å². The van der Waals surface area contributed by atoms with Crippen LogP contribution in [0.15, 0.2) is 30.6 Å². The van der Waals surface area contributed by atoms with E-state index in [0.29, 0.717) is 6.04 Å². The van der Waals surface area contributed by atoms with Gasteiger partial charge < -0.3 is 9.88 Å². The van der Waals surface area contributed by atoms with Crippen molar-refractivity contribution in [2.75, 3.05) is 13.1 Å². The molecule has 0 bridgehead atoms. The third kappa shape index (κ3) is 1.53. The molecule has 3 rings (SSSR count). The van der Waals surface area contributed by atoms with Crippen LogP contribution in [0, 0.1) is 0 Å². The van der Waals surface area contributed by atoms with E-state index in [1.54, 1.807) is 0 Å². The minimum atomic E-state index is 0.575. The van der Waals surface area contributed by atoms with Crippen LogP contribution >= 0.6 is 0 Å². The average molecular weight is 201 g/mol. The third-order valence-electron chi connectivity index (χ3n) is 3.15. The molecule has 1 aliphatic heterocycles. The monoisotopic (exact) mass is 201 g/mol. The lowest BCUT2D eigenvalue weighted by atomic mass is 10.1. The van der Waals surface area contributed by atoms with Crippen LogP contribution in [0.1, 0.15) is 18.9 Å². The van der Waals surface area contributed by atoms with E-state index in [9.17, 15) is 0 Å². The Balaban J connectivity index is 2.02. The number of fused-ring (bicyclic) bond motifs is 1. The minimum absolute atomic E-state index is 0.575. The van der Waals surface area contributed by atoms with Crippen molar-refractivity contribution >= 4 is 11.0 Å². The van der Waals surface area contributed by atoms with Crippen LogP contribution in [-0.2, 0) is 0 Å². The maximum Gasteiger partial charge on any atom is 0.0961 e. The van der Waals surface area contributed by atoms with Crippen LogP contribution in [0.3, 0.4) is 0 Å². The average Bonchev–Trinajstić information content (AvgIpc) is 2.74. The van der Waals surface area contributed by atoms with E-state index in [1.165, 1.54) is 18.4 Å². The number of benzene rings is 1. The first-order valence-corrected chi connectivity index (χ1v) is 5.57. The molecule has 78 valence electrons. The fourth-order valence-electron chi connectivity index (χ4n) is 2.34. The van der Waals surface area contributed by atoms with Gasteiger partial charge in [-0.25, -0.2) is 4.98 Å². The van der Waals surface area contributed by atoms with E-state index in [0.717, 1.165) is 18.6 Å². The molecule has 2 heterocycles. The van der Waals surface area contributed by atoms with E-state index in [1.807, 2.05) is 12.4 Å². The minimum Gasteiger partial charge on any atom is -0.326 e. The highest BCUT2D eigenvalue weighted by atomic mass is 15.1. The van der Waals surface area contributed by atoms with Gasteiger partial charge >= 0.3 is 0 Å². The molecule has 1 N–H and O–H groups in total. The first-order chi connectivity index (χ1) is 7.45. The van der Waals surface area contributed by atoms with E-state index in [-0.39, 0.29) is 0 Å². The fourth-order valence-corrected chi connectivity index (χ4v) is 2.34. The predicted molar refractivity (Wildman–Crippen MR) is 60.9 cm³/mol. The molecule has 1 fully saturated rings. The van der Waals surface area contributed by atoms with Gasteiger partial charge in [0.05, 0.1) is 17.4 Å². The molecule has 1 unspecified atom stereocenters. The van der Waals surface area contributed by atoms with Gasteiger partial charge in [-0.1, -0.05) is 12.1 Å². The highest BCUT2D eigenvalue weighted by molar-refractivity contribution is 5.75. The maximum atomic E-state index is 4.43. The van der Waals surface area contributed by atoms with Crippen LogP contribution in [0.25, 0.3) is 11.0 Å². The quantitative estimate of drug-likeness (QED) is 0.764. The van der Waals surface area contributed by atoms with E-state index < -0.39 is 0 Å². The Morgan fingerprint density at radius 2 is 2.27 bits per heavy atom. The lowest BCUT2D eigenvalue weighted by molar-refractivity contribution is 0.378. The zero-order valence-corrected chi connectivity index (χ0v) is 8.69. The summed E-state index contributed by atoms with van der Waals surface area (Å²) in [5, 5.41) is 3.44. The summed E-state index contributed by atoms with van der Waals surface area (Å²) in [7, 11) is 0. The third-order valence-corrected chi connectivity index (χ3v) is 3.15. The Hall–Kier alpha value is -1.35. The summed E-state index contributed by atoms with van der Waals surface area (Å²) in [4.78, 5) is 4.43. The van der Waals surface area contributed by atoms with Gasteiger partial charge in [0.15, 0.2) is 0 Å². The number of nitrogens with one attached hydrogen (secondary N) is 1. The molecule has 3 heteroatoms. The smallest absolute Gasteiger partial charge is 0.0961 e. The first-order valence-electron chi connectivity index (χ1n) is 5.57. The number of hydrogen-bond acceptors (Lipinski definition) is 2. The fraction of sp³-hybridized carbons (Fsp3) is 0.417. The Bertz CT molecular complexity index is 455. The summed E-state index contributed by atoms with van der Waals surface area (Å²) in [6.07, 6.45) is 4.49. The largest absolute Gasteiger partial charge is 0.326 e. The number of aromatic nitrogens is 2. The molecular formula is C12H15N3. The molecule has 0 radical (unpaired) electrons. The van der Waals surface area contributed by atoms with Crippen molar-refractivity contribution in [2.45, 2.75) is 18.9 Å². The SMILES string of the molecule is c1ccc2c(c1)ncn2C1CCCNC1. The lowest BCUT2D eigenvalue weighted by Crippen LogP contribution is -2.31. The molecule has 1 saturated heterocycles. The van der Waals surface area contributed by atoms with Gasteiger partial charge in [-0.2, -0.15) is 0 Å². The van der Waals surface area contributed by atoms with Gasteiger partial charge in [0.2, 0.25) is 0 Å². The Morgan fingerprint density at radius 3 is 3.13 bits per heavy atom. The van der Waals surface area contributed by atoms with Crippen LogP contribution < -0.4 is 5.32 Å². The van der Waals surface area contributed by atoms with Crippen LogP contribution in [0.5, 0.6) is 0 Å². The van der Waals surface area contributed by atoms with Crippen LogP contribution in [0.2, 0.25) is 0 Å². The highest BCUT2D eigenvalue weighted by Crippen LogP contribution is 2.22. The predicted octanol–water partition coefficient (Wildman–Crippen LogP) is 1.96. The van der Waals surface area contributed by atoms with Gasteiger partial charge in [-0.15, -0.1) is 0 Å². The van der Waals surface area contributed by atoms with Gasteiger partial charge in [0.25, 0.3) is 0 Å². The van der Waals surface area contributed by atoms with E-state index >= 15 is 0 Å². The molecule has 2 aromatic rings. The summed E-state index contributed by atoms with van der Waals surface area (Å²) in [6, 6.07) is 8.92. The summed E-state index contributed by atoms with van der Waals surface area (Å²) in [5.41, 5.74) is 2.36. The van der Waals surface area contributed by atoms with Gasteiger partial charge in [-0.05, 0) is 31.5 Å². The topological polar surface area (TPSA) is 29.9 Å². The molecule has 1 aromatic heterocycles. The van der Waals surface area contributed by atoms with Gasteiger partial charge in [0.1, 0.15) is 0 Å². The Labute approximate surface area is 89.1 Å². The normalized spacial score (nSPS) is 22.0. The summed E-state index contributed by atoms with van der Waals surface area (Å²) >= 11 is 0. The molecule has 0 saturated carbocycles. The molecule has 0 amide bonds. The second-order valence-corrected chi connectivity index (χ2v) is 4.14. The van der Waals surface area contributed by atoms with Crippen molar-refractivity contribution in [1.82, 2.24) is 14.9 Å². The van der Waals surface area contributed by atoms with Crippen molar-refractivity contribution < 1.29 is 0 Å². The zero-order chi connectivity index (χ0) is 10.1. The number of piperidine rings is 1. The van der Waals surface area contributed by atoms with Gasteiger partial charge in [0, 0.05) is 12.6 Å². The molecule has 0 aliphatic carbocycles. The Morgan fingerprint density at radius 1 is 1.33 bits per heavy atom. The Kier molecular flexibility index (Phi) is 2.18. The van der Waals surface area contributed by atoms with E-state index in [2.05, 4.69) is 33.1 Å². The lowest BCUT2D eigenvalue weighted by Gasteiger charge is -2.24. The van der Waals surface area contributed by atoms with E-state index in [4.69, 9.17) is 0 Å². The molecule has 3 nitrogen and oxygen atoms in total. The number of para-hydroxylation sites is 2. The number of rotatable bonds is 1. The van der Waals surface area contributed by atoms with Gasteiger partial charge in [-0.3, -0.25) is 0 Å². The summed E-state index contributed by atoms with van der Waals surface area (Å²) in [5.74, 6) is 0.